The first kappa shape index (κ1) is 15.5. The minimum Gasteiger partial charge on any atom is -0.368 e. The molecule has 1 fully saturated rings. The first-order chi connectivity index (χ1) is 12.3. The average molecular weight is 334 g/mol. The molecule has 7 nitrogen and oxygen atoms in total. The zero-order valence-corrected chi connectivity index (χ0v) is 13.6. The third-order valence-electron chi connectivity index (χ3n) is 4.25. The van der Waals surface area contributed by atoms with Crippen LogP contribution in [0.1, 0.15) is 10.5 Å². The first-order valence-electron chi connectivity index (χ1n) is 8.24. The molecule has 25 heavy (non-hydrogen) atoms. The van der Waals surface area contributed by atoms with Gasteiger partial charge in [-0.05, 0) is 24.3 Å². The third kappa shape index (κ3) is 3.14. The Morgan fingerprint density at radius 1 is 1.08 bits per heavy atom. The summed E-state index contributed by atoms with van der Waals surface area (Å²) in [6.07, 6.45) is 6.22. The van der Waals surface area contributed by atoms with Crippen LogP contribution < -0.4 is 15.5 Å². The number of rotatable bonds is 3. The summed E-state index contributed by atoms with van der Waals surface area (Å²) in [5, 5.41) is 7.29. The first-order valence-corrected chi connectivity index (χ1v) is 8.24. The number of carbonyl (C=O) groups is 1. The smallest absolute Gasteiger partial charge is 0.275 e. The molecule has 7 heteroatoms. The highest BCUT2D eigenvalue weighted by molar-refractivity contribution is 6.09. The van der Waals surface area contributed by atoms with Gasteiger partial charge in [0.2, 0.25) is 0 Å². The predicted octanol–water partition coefficient (Wildman–Crippen LogP) is 1.69. The summed E-state index contributed by atoms with van der Waals surface area (Å²) in [5.41, 5.74) is 2.86. The highest BCUT2D eigenvalue weighted by Crippen LogP contribution is 2.31. The van der Waals surface area contributed by atoms with E-state index >= 15 is 0 Å². The van der Waals surface area contributed by atoms with Crippen LogP contribution in [-0.2, 0) is 0 Å². The number of hydrogen-bond donors (Lipinski definition) is 2. The lowest BCUT2D eigenvalue weighted by Crippen LogP contribution is -2.43. The van der Waals surface area contributed by atoms with Gasteiger partial charge >= 0.3 is 0 Å². The highest BCUT2D eigenvalue weighted by Gasteiger charge is 2.16. The molecule has 0 saturated carbocycles. The molecule has 126 valence electrons. The molecule has 3 heterocycles. The van der Waals surface area contributed by atoms with Gasteiger partial charge in [0.15, 0.2) is 0 Å². The summed E-state index contributed by atoms with van der Waals surface area (Å²) in [5.74, 6) is -0.296. The van der Waals surface area contributed by atoms with Gasteiger partial charge in [0.1, 0.15) is 5.69 Å². The van der Waals surface area contributed by atoms with Gasteiger partial charge < -0.3 is 15.5 Å². The number of fused-ring (bicyclic) bond motifs is 1. The lowest BCUT2D eigenvalue weighted by atomic mass is 10.1. The number of aromatic nitrogens is 3. The normalized spacial score (nSPS) is 14.5. The van der Waals surface area contributed by atoms with Crippen LogP contribution >= 0.6 is 0 Å². The number of nitrogens with zero attached hydrogens (tertiary/aromatic N) is 4. The van der Waals surface area contributed by atoms with E-state index in [0.29, 0.717) is 5.69 Å². The standard InChI is InChI=1S/C18H18N6O/c25-18(15-12-20-6-7-21-15)23-14-3-4-16(24-10-8-19-9-11-24)13-2-1-5-22-17(13)14/h1-7,12,19H,8-11H2,(H,23,25). The van der Waals surface area contributed by atoms with Crippen LogP contribution in [-0.4, -0.2) is 47.0 Å². The molecule has 0 atom stereocenters. The maximum atomic E-state index is 12.4. The number of nitrogens with one attached hydrogen (secondary N) is 2. The molecule has 0 radical (unpaired) electrons. The van der Waals surface area contributed by atoms with Crippen molar-refractivity contribution in [3.8, 4) is 0 Å². The Morgan fingerprint density at radius 3 is 2.76 bits per heavy atom. The van der Waals surface area contributed by atoms with Crippen molar-refractivity contribution < 1.29 is 4.79 Å². The molecule has 4 rings (SSSR count). The Balaban J connectivity index is 1.70. The second kappa shape index (κ2) is 6.82. The van der Waals surface area contributed by atoms with Gasteiger partial charge in [-0.1, -0.05) is 0 Å². The summed E-state index contributed by atoms with van der Waals surface area (Å²) in [4.78, 5) is 27.2. The van der Waals surface area contributed by atoms with Crippen molar-refractivity contribution in [3.05, 3.63) is 54.7 Å². The van der Waals surface area contributed by atoms with E-state index in [1.807, 2.05) is 24.3 Å². The molecule has 1 aliphatic heterocycles. The van der Waals surface area contributed by atoms with Crippen LogP contribution in [0.15, 0.2) is 49.1 Å². The summed E-state index contributed by atoms with van der Waals surface area (Å²) in [6, 6.07) is 7.91. The van der Waals surface area contributed by atoms with E-state index in [0.717, 1.165) is 42.8 Å². The summed E-state index contributed by atoms with van der Waals surface area (Å²) < 4.78 is 0. The number of pyridine rings is 1. The Kier molecular flexibility index (Phi) is 4.22. The number of carbonyl (C=O) groups excluding carboxylic acids is 1. The predicted molar refractivity (Wildman–Crippen MR) is 96.8 cm³/mol. The number of anilines is 2. The quantitative estimate of drug-likeness (QED) is 0.758. The molecule has 1 amide bonds. The third-order valence-corrected chi connectivity index (χ3v) is 4.25. The van der Waals surface area contributed by atoms with Crippen molar-refractivity contribution in [2.75, 3.05) is 36.4 Å². The molecule has 0 aliphatic carbocycles. The van der Waals surface area contributed by atoms with E-state index < -0.39 is 0 Å². The van der Waals surface area contributed by atoms with Gasteiger partial charge in [-0.3, -0.25) is 14.8 Å². The van der Waals surface area contributed by atoms with Crippen molar-refractivity contribution in [3.63, 3.8) is 0 Å². The fraction of sp³-hybridized carbons (Fsp3) is 0.222. The SMILES string of the molecule is O=C(Nc1ccc(N2CCNCC2)c2cccnc12)c1cnccn1. The fourth-order valence-electron chi connectivity index (χ4n) is 3.04. The Labute approximate surface area is 145 Å². The van der Waals surface area contributed by atoms with E-state index in [2.05, 4.69) is 30.5 Å². The van der Waals surface area contributed by atoms with E-state index in [1.165, 1.54) is 18.6 Å². The van der Waals surface area contributed by atoms with E-state index in [1.54, 1.807) is 6.20 Å². The van der Waals surface area contributed by atoms with Gasteiger partial charge in [-0.2, -0.15) is 0 Å². The van der Waals surface area contributed by atoms with Gasteiger partial charge in [-0.25, -0.2) is 4.98 Å². The van der Waals surface area contributed by atoms with Crippen molar-refractivity contribution in [1.82, 2.24) is 20.3 Å². The zero-order valence-electron chi connectivity index (χ0n) is 13.6. The molecular weight excluding hydrogens is 316 g/mol. The minimum atomic E-state index is -0.296. The molecule has 1 aliphatic rings. The number of hydrogen-bond acceptors (Lipinski definition) is 6. The number of amides is 1. The highest BCUT2D eigenvalue weighted by atomic mass is 16.1. The molecule has 2 N–H and O–H groups in total. The van der Waals surface area contributed by atoms with Crippen molar-refractivity contribution >= 4 is 28.2 Å². The second-order valence-electron chi connectivity index (χ2n) is 5.81. The fourth-order valence-corrected chi connectivity index (χ4v) is 3.04. The zero-order chi connectivity index (χ0) is 17.1. The molecule has 1 saturated heterocycles. The number of benzene rings is 1. The van der Waals surface area contributed by atoms with Crippen LogP contribution in [0.4, 0.5) is 11.4 Å². The van der Waals surface area contributed by atoms with E-state index in [4.69, 9.17) is 0 Å². The topological polar surface area (TPSA) is 83.0 Å². The Bertz CT molecular complexity index is 892. The van der Waals surface area contributed by atoms with Gasteiger partial charge in [0.25, 0.3) is 5.91 Å². The van der Waals surface area contributed by atoms with Crippen LogP contribution in [0, 0.1) is 0 Å². The Hall–Kier alpha value is -3.06. The van der Waals surface area contributed by atoms with Gasteiger partial charge in [-0.15, -0.1) is 0 Å². The summed E-state index contributed by atoms with van der Waals surface area (Å²) in [6.45, 7) is 3.84. The lowest BCUT2D eigenvalue weighted by Gasteiger charge is -2.30. The molecule has 0 bridgehead atoms. The molecular formula is C18H18N6O. The van der Waals surface area contributed by atoms with Crippen LogP contribution in [0.25, 0.3) is 10.9 Å². The van der Waals surface area contributed by atoms with Gasteiger partial charge in [0, 0.05) is 55.8 Å². The molecule has 0 spiro atoms. The average Bonchev–Trinajstić information content (AvgIpc) is 2.69. The largest absolute Gasteiger partial charge is 0.368 e. The van der Waals surface area contributed by atoms with Crippen LogP contribution in [0.3, 0.4) is 0 Å². The van der Waals surface area contributed by atoms with E-state index in [-0.39, 0.29) is 11.6 Å². The lowest BCUT2D eigenvalue weighted by molar-refractivity contribution is 0.102. The molecule has 2 aromatic heterocycles. The molecule has 0 unspecified atom stereocenters. The van der Waals surface area contributed by atoms with Crippen molar-refractivity contribution in [2.45, 2.75) is 0 Å². The summed E-state index contributed by atoms with van der Waals surface area (Å²) in [7, 11) is 0. The van der Waals surface area contributed by atoms with Crippen molar-refractivity contribution in [2.24, 2.45) is 0 Å². The van der Waals surface area contributed by atoms with Crippen LogP contribution in [0.5, 0.6) is 0 Å². The maximum absolute atomic E-state index is 12.4. The minimum absolute atomic E-state index is 0.276. The van der Waals surface area contributed by atoms with Crippen LogP contribution in [0.2, 0.25) is 0 Å². The maximum Gasteiger partial charge on any atom is 0.275 e. The number of piperazine rings is 1. The van der Waals surface area contributed by atoms with E-state index in [9.17, 15) is 4.79 Å². The monoisotopic (exact) mass is 334 g/mol. The summed E-state index contributed by atoms with van der Waals surface area (Å²) >= 11 is 0. The molecule has 1 aromatic carbocycles. The molecule has 3 aromatic rings. The Morgan fingerprint density at radius 2 is 1.96 bits per heavy atom. The van der Waals surface area contributed by atoms with Gasteiger partial charge in [0.05, 0.1) is 17.4 Å². The second-order valence-corrected chi connectivity index (χ2v) is 5.81. The van der Waals surface area contributed by atoms with Crippen molar-refractivity contribution in [1.29, 1.82) is 0 Å².